The zero-order valence-electron chi connectivity index (χ0n) is 14.8. The van der Waals surface area contributed by atoms with E-state index in [0.29, 0.717) is 37.2 Å². The molecule has 0 radical (unpaired) electrons. The van der Waals surface area contributed by atoms with Crippen LogP contribution in [0.25, 0.3) is 0 Å². The molecule has 0 heterocycles. The fourth-order valence-electron chi connectivity index (χ4n) is 2.58. The molecule has 0 aliphatic heterocycles. The number of nitrogens with two attached hydrogens (primary N) is 1. The highest BCUT2D eigenvalue weighted by Gasteiger charge is 2.23. The van der Waals surface area contributed by atoms with Gasteiger partial charge in [-0.1, -0.05) is 42.5 Å². The van der Waals surface area contributed by atoms with Crippen LogP contribution in [0.4, 0.5) is 0 Å². The van der Waals surface area contributed by atoms with E-state index in [9.17, 15) is 13.2 Å². The van der Waals surface area contributed by atoms with Gasteiger partial charge in [-0.2, -0.15) is 4.31 Å². The summed E-state index contributed by atoms with van der Waals surface area (Å²) < 4.78 is 32.0. The number of hydrogen-bond donors (Lipinski definition) is 1. The molecule has 0 bridgehead atoms. The van der Waals surface area contributed by atoms with Crippen LogP contribution in [0.3, 0.4) is 0 Å². The molecule has 0 fully saturated rings. The quantitative estimate of drug-likeness (QED) is 0.677. The van der Waals surface area contributed by atoms with Crippen LogP contribution in [0, 0.1) is 0 Å². The topological polar surface area (TPSA) is 89.7 Å². The summed E-state index contributed by atoms with van der Waals surface area (Å²) in [5.41, 5.74) is 7.35. The van der Waals surface area contributed by atoms with Crippen LogP contribution in [0.2, 0.25) is 0 Å². The Morgan fingerprint density at radius 1 is 1.08 bits per heavy atom. The summed E-state index contributed by atoms with van der Waals surface area (Å²) >= 11 is 0. The van der Waals surface area contributed by atoms with Crippen molar-refractivity contribution in [3.05, 3.63) is 71.3 Å². The predicted molar refractivity (Wildman–Crippen MR) is 101 cm³/mol. The average molecular weight is 376 g/mol. The zero-order chi connectivity index (χ0) is 19.0. The van der Waals surface area contributed by atoms with Crippen LogP contribution >= 0.6 is 0 Å². The largest absolute Gasteiger partial charge is 0.465 e. The second kappa shape index (κ2) is 9.47. The monoisotopic (exact) mass is 376 g/mol. The second-order valence-corrected chi connectivity index (χ2v) is 7.88. The zero-order valence-corrected chi connectivity index (χ0v) is 15.6. The van der Waals surface area contributed by atoms with Crippen LogP contribution in [0.1, 0.15) is 27.9 Å². The Kier molecular flexibility index (Phi) is 7.32. The molecule has 140 valence electrons. The van der Waals surface area contributed by atoms with Gasteiger partial charge in [0.1, 0.15) is 0 Å². The van der Waals surface area contributed by atoms with Crippen LogP contribution < -0.4 is 5.73 Å². The van der Waals surface area contributed by atoms with E-state index in [1.54, 1.807) is 24.3 Å². The van der Waals surface area contributed by atoms with Gasteiger partial charge in [-0.25, -0.2) is 13.2 Å². The first kappa shape index (κ1) is 20.1. The number of esters is 1. The van der Waals surface area contributed by atoms with Crippen molar-refractivity contribution in [1.82, 2.24) is 4.31 Å². The molecule has 0 aliphatic carbocycles. The molecule has 0 amide bonds. The van der Waals surface area contributed by atoms with E-state index in [4.69, 9.17) is 5.73 Å². The Labute approximate surface area is 154 Å². The number of sulfonamides is 1. The van der Waals surface area contributed by atoms with Crippen molar-refractivity contribution in [1.29, 1.82) is 0 Å². The van der Waals surface area contributed by atoms with Crippen molar-refractivity contribution in [2.24, 2.45) is 5.73 Å². The maximum atomic E-state index is 12.9. The minimum absolute atomic E-state index is 0.185. The smallest absolute Gasteiger partial charge is 0.337 e. The van der Waals surface area contributed by atoms with Crippen molar-refractivity contribution in [2.45, 2.75) is 18.7 Å². The minimum Gasteiger partial charge on any atom is -0.465 e. The molecule has 0 aliphatic rings. The maximum absolute atomic E-state index is 12.9. The molecule has 0 saturated carbocycles. The average Bonchev–Trinajstić information content (AvgIpc) is 2.65. The number of ether oxygens (including phenoxy) is 1. The number of hydrogen-bond acceptors (Lipinski definition) is 5. The number of rotatable bonds is 9. The summed E-state index contributed by atoms with van der Waals surface area (Å²) in [6, 6.07) is 15.9. The summed E-state index contributed by atoms with van der Waals surface area (Å²) in [6.07, 6.45) is 0.578. The lowest BCUT2D eigenvalue weighted by molar-refractivity contribution is 0.0600. The Bertz CT molecular complexity index is 822. The standard InChI is InChI=1S/C19H24N2O4S/c1-25-19(22)18-10-5-9-17(13-18)15-26(23,24)21(12-6-11-20)14-16-7-3-2-4-8-16/h2-5,7-10,13H,6,11-12,14-15,20H2,1H3. The third-order valence-electron chi connectivity index (χ3n) is 3.90. The van der Waals surface area contributed by atoms with Gasteiger partial charge in [-0.05, 0) is 36.2 Å². The maximum Gasteiger partial charge on any atom is 0.337 e. The van der Waals surface area contributed by atoms with E-state index in [-0.39, 0.29) is 5.75 Å². The van der Waals surface area contributed by atoms with Crippen molar-refractivity contribution < 1.29 is 17.9 Å². The molecule has 0 spiro atoms. The van der Waals surface area contributed by atoms with Crippen LogP contribution in [-0.2, 0) is 27.1 Å². The summed E-state index contributed by atoms with van der Waals surface area (Å²) in [5, 5.41) is 0. The molecule has 2 aromatic carbocycles. The lowest BCUT2D eigenvalue weighted by atomic mass is 10.1. The molecule has 26 heavy (non-hydrogen) atoms. The highest BCUT2D eigenvalue weighted by molar-refractivity contribution is 7.88. The van der Waals surface area contributed by atoms with Crippen molar-refractivity contribution in [2.75, 3.05) is 20.2 Å². The third kappa shape index (κ3) is 5.66. The second-order valence-electron chi connectivity index (χ2n) is 5.91. The molecule has 0 saturated heterocycles. The molecule has 0 aromatic heterocycles. The molecular weight excluding hydrogens is 352 g/mol. The van der Waals surface area contributed by atoms with E-state index in [1.807, 2.05) is 30.3 Å². The van der Waals surface area contributed by atoms with E-state index in [1.165, 1.54) is 11.4 Å². The Hall–Kier alpha value is -2.22. The number of benzene rings is 2. The fraction of sp³-hybridized carbons (Fsp3) is 0.316. The van der Waals surface area contributed by atoms with Gasteiger partial charge in [-0.3, -0.25) is 0 Å². The van der Waals surface area contributed by atoms with Gasteiger partial charge in [0, 0.05) is 13.1 Å². The molecule has 2 rings (SSSR count). The molecular formula is C19H24N2O4S. The minimum atomic E-state index is -3.57. The highest BCUT2D eigenvalue weighted by atomic mass is 32.2. The van der Waals surface area contributed by atoms with E-state index in [2.05, 4.69) is 4.74 Å². The third-order valence-corrected chi connectivity index (χ3v) is 5.70. The van der Waals surface area contributed by atoms with Gasteiger partial charge < -0.3 is 10.5 Å². The van der Waals surface area contributed by atoms with Gasteiger partial charge >= 0.3 is 5.97 Å². The molecule has 2 N–H and O–H groups in total. The van der Waals surface area contributed by atoms with E-state index < -0.39 is 16.0 Å². The van der Waals surface area contributed by atoms with Crippen LogP contribution in [-0.4, -0.2) is 38.9 Å². The molecule has 0 atom stereocenters. The lowest BCUT2D eigenvalue weighted by Gasteiger charge is -2.22. The number of carbonyl (C=O) groups is 1. The normalized spacial score (nSPS) is 11.5. The fourth-order valence-corrected chi connectivity index (χ4v) is 4.12. The molecule has 7 heteroatoms. The van der Waals surface area contributed by atoms with E-state index in [0.717, 1.165) is 5.56 Å². The summed E-state index contributed by atoms with van der Waals surface area (Å²) in [5.74, 6) is -0.677. The number of nitrogens with zero attached hydrogens (tertiary/aromatic N) is 1. The van der Waals surface area contributed by atoms with Gasteiger partial charge in [0.25, 0.3) is 0 Å². The molecule has 6 nitrogen and oxygen atoms in total. The van der Waals surface area contributed by atoms with Gasteiger partial charge in [0.05, 0.1) is 18.4 Å². The number of methoxy groups -OCH3 is 1. The van der Waals surface area contributed by atoms with Crippen LogP contribution in [0.15, 0.2) is 54.6 Å². The Morgan fingerprint density at radius 3 is 2.42 bits per heavy atom. The van der Waals surface area contributed by atoms with Gasteiger partial charge in [-0.15, -0.1) is 0 Å². The number of carbonyl (C=O) groups excluding carboxylic acids is 1. The van der Waals surface area contributed by atoms with Crippen molar-refractivity contribution in [3.63, 3.8) is 0 Å². The van der Waals surface area contributed by atoms with Gasteiger partial charge in [0.2, 0.25) is 10.0 Å². The summed E-state index contributed by atoms with van der Waals surface area (Å²) in [4.78, 5) is 11.7. The first-order chi connectivity index (χ1) is 12.5. The van der Waals surface area contributed by atoms with E-state index >= 15 is 0 Å². The Balaban J connectivity index is 2.21. The summed E-state index contributed by atoms with van der Waals surface area (Å²) in [6.45, 7) is 1.06. The highest BCUT2D eigenvalue weighted by Crippen LogP contribution is 2.16. The first-order valence-corrected chi connectivity index (χ1v) is 9.96. The van der Waals surface area contributed by atoms with Gasteiger partial charge in [0.15, 0.2) is 0 Å². The SMILES string of the molecule is COC(=O)c1cccc(CS(=O)(=O)N(CCCN)Cc2ccccc2)c1. The first-order valence-electron chi connectivity index (χ1n) is 8.35. The predicted octanol–water partition coefficient (Wildman–Crippen LogP) is 2.15. The summed E-state index contributed by atoms with van der Waals surface area (Å²) in [7, 11) is -2.28. The lowest BCUT2D eigenvalue weighted by Crippen LogP contribution is -2.33. The molecule has 0 unspecified atom stereocenters. The Morgan fingerprint density at radius 2 is 1.77 bits per heavy atom. The molecule has 2 aromatic rings. The van der Waals surface area contributed by atoms with Crippen molar-refractivity contribution >= 4 is 16.0 Å². The van der Waals surface area contributed by atoms with Crippen molar-refractivity contribution in [3.8, 4) is 0 Å². The van der Waals surface area contributed by atoms with Crippen LogP contribution in [0.5, 0.6) is 0 Å².